The maximum absolute atomic E-state index is 13.4. The molecule has 0 saturated carbocycles. The Morgan fingerprint density at radius 2 is 1.96 bits per heavy atom. The number of benzene rings is 1. The van der Waals surface area contributed by atoms with Crippen molar-refractivity contribution < 1.29 is 17.6 Å². The summed E-state index contributed by atoms with van der Waals surface area (Å²) in [6.45, 7) is 4.35. The highest BCUT2D eigenvalue weighted by molar-refractivity contribution is 7.92. The van der Waals surface area contributed by atoms with Gasteiger partial charge in [-0.1, -0.05) is 6.92 Å². The van der Waals surface area contributed by atoms with Crippen LogP contribution in [0.5, 0.6) is 0 Å². The minimum atomic E-state index is -3.55. The van der Waals surface area contributed by atoms with E-state index in [2.05, 4.69) is 22.3 Å². The molecule has 0 radical (unpaired) electrons. The van der Waals surface area contributed by atoms with Gasteiger partial charge < -0.3 is 10.6 Å². The first-order valence-corrected chi connectivity index (χ1v) is 9.34. The lowest BCUT2D eigenvalue weighted by atomic mass is 9.81. The molecule has 1 aromatic rings. The van der Waals surface area contributed by atoms with Gasteiger partial charge in [-0.25, -0.2) is 12.8 Å². The average molecular weight is 380 g/mol. The largest absolute Gasteiger partial charge is 0.351 e. The number of rotatable bonds is 5. The van der Waals surface area contributed by atoms with E-state index in [0.29, 0.717) is 6.54 Å². The molecule has 1 aromatic carbocycles. The monoisotopic (exact) mass is 379 g/mol. The SMILES string of the molecule is CC1(CNC(=O)c2cc(F)ccc2NS(C)(=O)=O)CCNCC1.Cl. The fraction of sp³-hybridized carbons (Fsp3) is 0.533. The zero-order chi connectivity index (χ0) is 17.1. The Morgan fingerprint density at radius 3 is 2.54 bits per heavy atom. The Hall–Kier alpha value is -1.38. The van der Waals surface area contributed by atoms with E-state index in [1.165, 1.54) is 6.07 Å². The molecule has 6 nitrogen and oxygen atoms in total. The number of carbonyl (C=O) groups excluding carboxylic acids is 1. The van der Waals surface area contributed by atoms with E-state index in [1.807, 2.05) is 0 Å². The van der Waals surface area contributed by atoms with Crippen molar-refractivity contribution in [3.63, 3.8) is 0 Å². The number of halogens is 2. The molecule has 136 valence electrons. The molecule has 0 unspecified atom stereocenters. The Kier molecular flexibility index (Phi) is 7.00. The third-order valence-corrected chi connectivity index (χ3v) is 4.60. The number of piperidine rings is 1. The molecule has 0 aromatic heterocycles. The van der Waals surface area contributed by atoms with E-state index in [0.717, 1.165) is 44.3 Å². The zero-order valence-electron chi connectivity index (χ0n) is 13.7. The number of nitrogens with one attached hydrogen (secondary N) is 3. The van der Waals surface area contributed by atoms with Gasteiger partial charge in [-0.3, -0.25) is 9.52 Å². The molecule has 0 spiro atoms. The van der Waals surface area contributed by atoms with Crippen LogP contribution in [0.25, 0.3) is 0 Å². The Labute approximate surface area is 148 Å². The van der Waals surface area contributed by atoms with Crippen molar-refractivity contribution in [3.8, 4) is 0 Å². The minimum absolute atomic E-state index is 0. The first kappa shape index (κ1) is 20.7. The number of hydrogen-bond donors (Lipinski definition) is 3. The molecular weight excluding hydrogens is 357 g/mol. The van der Waals surface area contributed by atoms with E-state index in [4.69, 9.17) is 0 Å². The molecule has 1 amide bonds. The summed E-state index contributed by atoms with van der Waals surface area (Å²) in [6, 6.07) is 3.39. The van der Waals surface area contributed by atoms with Gasteiger partial charge in [0.2, 0.25) is 10.0 Å². The predicted molar refractivity (Wildman–Crippen MR) is 94.7 cm³/mol. The van der Waals surface area contributed by atoms with Crippen molar-refractivity contribution in [3.05, 3.63) is 29.6 Å². The van der Waals surface area contributed by atoms with Gasteiger partial charge in [-0.15, -0.1) is 12.4 Å². The third-order valence-electron chi connectivity index (χ3n) is 4.01. The molecule has 1 fully saturated rings. The second-order valence-corrected chi connectivity index (χ2v) is 8.06. The van der Waals surface area contributed by atoms with Crippen LogP contribution in [-0.4, -0.2) is 40.2 Å². The van der Waals surface area contributed by atoms with Crippen LogP contribution in [0.15, 0.2) is 18.2 Å². The van der Waals surface area contributed by atoms with E-state index in [1.54, 1.807) is 0 Å². The molecule has 0 bridgehead atoms. The summed E-state index contributed by atoms with van der Waals surface area (Å²) >= 11 is 0. The molecule has 2 rings (SSSR count). The van der Waals surface area contributed by atoms with E-state index in [-0.39, 0.29) is 29.1 Å². The molecule has 1 saturated heterocycles. The number of hydrogen-bond acceptors (Lipinski definition) is 4. The molecule has 0 aliphatic carbocycles. The van der Waals surface area contributed by atoms with Crippen LogP contribution in [0.4, 0.5) is 10.1 Å². The normalized spacial score (nSPS) is 16.8. The van der Waals surface area contributed by atoms with Crippen molar-refractivity contribution in [2.45, 2.75) is 19.8 Å². The van der Waals surface area contributed by atoms with Gasteiger partial charge in [0.15, 0.2) is 0 Å². The standard InChI is InChI=1S/C15H22FN3O3S.ClH/c1-15(5-7-17-8-6-15)10-18-14(20)12-9-11(16)3-4-13(12)19-23(2,21)22;/h3-4,9,17,19H,5-8,10H2,1-2H3,(H,18,20);1H. The second kappa shape index (κ2) is 8.13. The van der Waals surface area contributed by atoms with Crippen LogP contribution in [0.1, 0.15) is 30.1 Å². The molecular formula is C15H23ClFN3O3S. The van der Waals surface area contributed by atoms with Crippen LogP contribution in [0.2, 0.25) is 0 Å². The van der Waals surface area contributed by atoms with Gasteiger partial charge in [-0.2, -0.15) is 0 Å². The summed E-state index contributed by atoms with van der Waals surface area (Å²) in [6.07, 6.45) is 2.85. The molecule has 1 aliphatic rings. The van der Waals surface area contributed by atoms with Gasteiger partial charge in [0.1, 0.15) is 5.82 Å². The number of sulfonamides is 1. The fourth-order valence-electron chi connectivity index (χ4n) is 2.59. The molecule has 9 heteroatoms. The summed E-state index contributed by atoms with van der Waals surface area (Å²) < 4.78 is 38.4. The van der Waals surface area contributed by atoms with Gasteiger partial charge >= 0.3 is 0 Å². The first-order chi connectivity index (χ1) is 10.7. The maximum atomic E-state index is 13.4. The van der Waals surface area contributed by atoms with Gasteiger partial charge in [0, 0.05) is 6.54 Å². The molecule has 1 aliphatic heterocycles. The quantitative estimate of drug-likeness (QED) is 0.727. The molecule has 24 heavy (non-hydrogen) atoms. The topological polar surface area (TPSA) is 87.3 Å². The van der Waals surface area contributed by atoms with E-state index >= 15 is 0 Å². The van der Waals surface area contributed by atoms with Crippen molar-refractivity contribution in [1.82, 2.24) is 10.6 Å². The van der Waals surface area contributed by atoms with Crippen LogP contribution < -0.4 is 15.4 Å². The summed E-state index contributed by atoms with van der Waals surface area (Å²) in [5, 5.41) is 6.06. The number of amides is 1. The van der Waals surface area contributed by atoms with E-state index < -0.39 is 21.7 Å². The van der Waals surface area contributed by atoms with Crippen molar-refractivity contribution in [2.75, 3.05) is 30.6 Å². The fourth-order valence-corrected chi connectivity index (χ4v) is 3.17. The number of carbonyl (C=O) groups is 1. The summed E-state index contributed by atoms with van der Waals surface area (Å²) in [7, 11) is -3.55. The van der Waals surface area contributed by atoms with Gasteiger partial charge in [0.25, 0.3) is 5.91 Å². The average Bonchev–Trinajstić information content (AvgIpc) is 2.46. The van der Waals surface area contributed by atoms with Crippen LogP contribution in [0, 0.1) is 11.2 Å². The lowest BCUT2D eigenvalue weighted by molar-refractivity contribution is 0.0922. The highest BCUT2D eigenvalue weighted by atomic mass is 35.5. The predicted octanol–water partition coefficient (Wildman–Crippen LogP) is 1.74. The second-order valence-electron chi connectivity index (χ2n) is 6.31. The van der Waals surface area contributed by atoms with E-state index in [9.17, 15) is 17.6 Å². The zero-order valence-corrected chi connectivity index (χ0v) is 15.3. The van der Waals surface area contributed by atoms with Crippen molar-refractivity contribution in [1.29, 1.82) is 0 Å². The summed E-state index contributed by atoms with van der Waals surface area (Å²) in [5.74, 6) is -1.09. The molecule has 3 N–H and O–H groups in total. The molecule has 0 atom stereocenters. The highest BCUT2D eigenvalue weighted by Crippen LogP contribution is 2.27. The number of anilines is 1. The van der Waals surface area contributed by atoms with Crippen LogP contribution >= 0.6 is 12.4 Å². The minimum Gasteiger partial charge on any atom is -0.351 e. The maximum Gasteiger partial charge on any atom is 0.253 e. The van der Waals surface area contributed by atoms with Crippen LogP contribution in [0.3, 0.4) is 0 Å². The van der Waals surface area contributed by atoms with Crippen molar-refractivity contribution >= 4 is 34.0 Å². The Bertz CT molecular complexity index is 691. The van der Waals surface area contributed by atoms with Gasteiger partial charge in [0.05, 0.1) is 17.5 Å². The smallest absolute Gasteiger partial charge is 0.253 e. The van der Waals surface area contributed by atoms with Crippen LogP contribution in [-0.2, 0) is 10.0 Å². The molecule has 1 heterocycles. The highest BCUT2D eigenvalue weighted by Gasteiger charge is 2.27. The first-order valence-electron chi connectivity index (χ1n) is 7.45. The Balaban J connectivity index is 0.00000288. The summed E-state index contributed by atoms with van der Waals surface area (Å²) in [4.78, 5) is 12.4. The van der Waals surface area contributed by atoms with Gasteiger partial charge in [-0.05, 0) is 49.5 Å². The Morgan fingerprint density at radius 1 is 1.33 bits per heavy atom. The third kappa shape index (κ3) is 5.92. The van der Waals surface area contributed by atoms with Crippen molar-refractivity contribution in [2.24, 2.45) is 5.41 Å². The lowest BCUT2D eigenvalue weighted by Crippen LogP contribution is -2.43. The lowest BCUT2D eigenvalue weighted by Gasteiger charge is -2.34. The summed E-state index contributed by atoms with van der Waals surface area (Å²) in [5.41, 5.74) is 0.0355.